The minimum atomic E-state index is 0.117. The van der Waals surface area contributed by atoms with Crippen molar-refractivity contribution in [3.05, 3.63) is 29.8 Å². The molecule has 1 aromatic carbocycles. The molecular weight excluding hydrogens is 224 g/mol. The number of hydrogen-bond donors (Lipinski definition) is 1. The van der Waals surface area contributed by atoms with E-state index in [0.29, 0.717) is 12.0 Å². The van der Waals surface area contributed by atoms with Gasteiger partial charge in [0.05, 0.1) is 5.56 Å². The molecule has 1 atom stereocenters. The lowest BCUT2D eigenvalue weighted by Gasteiger charge is -2.26. The number of rotatable bonds is 5. The van der Waals surface area contributed by atoms with Gasteiger partial charge in [-0.15, -0.1) is 0 Å². The number of nitrogens with one attached hydrogen (secondary N) is 1. The summed E-state index contributed by atoms with van der Waals surface area (Å²) in [5, 5.41) is 3.25. The second kappa shape index (κ2) is 5.42. The molecule has 1 saturated carbocycles. The lowest BCUT2D eigenvalue weighted by molar-refractivity contribution is 0.0728. The highest BCUT2D eigenvalue weighted by Gasteiger charge is 2.33. The van der Waals surface area contributed by atoms with Crippen LogP contribution in [0.2, 0.25) is 0 Å². The molecule has 1 unspecified atom stereocenters. The van der Waals surface area contributed by atoms with E-state index >= 15 is 0 Å². The highest BCUT2D eigenvalue weighted by molar-refractivity contribution is 5.99. The Morgan fingerprint density at radius 3 is 2.72 bits per heavy atom. The number of carbonyl (C=O) groups excluding carboxylic acids is 1. The van der Waals surface area contributed by atoms with Crippen LogP contribution in [-0.4, -0.2) is 30.4 Å². The van der Waals surface area contributed by atoms with Gasteiger partial charge in [-0.2, -0.15) is 0 Å². The van der Waals surface area contributed by atoms with E-state index in [0.717, 1.165) is 17.8 Å². The number of anilines is 1. The second-order valence-electron chi connectivity index (χ2n) is 5.07. The Morgan fingerprint density at radius 2 is 2.11 bits per heavy atom. The molecule has 1 aromatic rings. The molecule has 98 valence electrons. The lowest BCUT2D eigenvalue weighted by Crippen LogP contribution is -2.36. The summed E-state index contributed by atoms with van der Waals surface area (Å²) in [7, 11) is 1.91. The quantitative estimate of drug-likeness (QED) is 0.866. The standard InChI is InChI=1S/C15H22N2O/c1-4-16-14-8-6-5-7-13(14)15(18)17(3)11(2)12-9-10-12/h5-8,11-12,16H,4,9-10H2,1-3H3. The molecule has 0 aliphatic heterocycles. The van der Waals surface area contributed by atoms with Gasteiger partial charge in [-0.25, -0.2) is 0 Å². The summed E-state index contributed by atoms with van der Waals surface area (Å²) in [6.07, 6.45) is 2.52. The zero-order chi connectivity index (χ0) is 13.1. The van der Waals surface area contributed by atoms with Gasteiger partial charge in [0.1, 0.15) is 0 Å². The van der Waals surface area contributed by atoms with Crippen molar-refractivity contribution in [1.82, 2.24) is 4.90 Å². The van der Waals surface area contributed by atoms with Crippen LogP contribution in [0.4, 0.5) is 5.69 Å². The molecule has 2 rings (SSSR count). The van der Waals surface area contributed by atoms with Crippen molar-refractivity contribution in [3.8, 4) is 0 Å². The van der Waals surface area contributed by atoms with Crippen LogP contribution in [-0.2, 0) is 0 Å². The van der Waals surface area contributed by atoms with Gasteiger partial charge in [0.15, 0.2) is 0 Å². The number of para-hydroxylation sites is 1. The fourth-order valence-electron chi connectivity index (χ4n) is 2.28. The van der Waals surface area contributed by atoms with Crippen LogP contribution >= 0.6 is 0 Å². The molecule has 1 aliphatic rings. The molecule has 3 nitrogen and oxygen atoms in total. The van der Waals surface area contributed by atoms with E-state index in [2.05, 4.69) is 12.2 Å². The smallest absolute Gasteiger partial charge is 0.255 e. The maximum Gasteiger partial charge on any atom is 0.255 e. The Bertz CT molecular complexity index is 426. The fraction of sp³-hybridized carbons (Fsp3) is 0.533. The first-order valence-electron chi connectivity index (χ1n) is 6.75. The van der Waals surface area contributed by atoms with Crippen molar-refractivity contribution < 1.29 is 4.79 Å². The van der Waals surface area contributed by atoms with Crippen molar-refractivity contribution in [3.63, 3.8) is 0 Å². The van der Waals surface area contributed by atoms with Gasteiger partial charge >= 0.3 is 0 Å². The largest absolute Gasteiger partial charge is 0.385 e. The summed E-state index contributed by atoms with van der Waals surface area (Å²) in [4.78, 5) is 14.4. The predicted octanol–water partition coefficient (Wildman–Crippen LogP) is 2.99. The highest BCUT2D eigenvalue weighted by Crippen LogP contribution is 2.35. The zero-order valence-corrected chi connectivity index (χ0v) is 11.4. The van der Waals surface area contributed by atoms with Crippen LogP contribution in [0.1, 0.15) is 37.0 Å². The molecule has 0 aromatic heterocycles. The Labute approximate surface area is 109 Å². The topological polar surface area (TPSA) is 32.3 Å². The minimum Gasteiger partial charge on any atom is -0.385 e. The van der Waals surface area contributed by atoms with Crippen LogP contribution in [0.15, 0.2) is 24.3 Å². The van der Waals surface area contributed by atoms with Crippen LogP contribution < -0.4 is 5.32 Å². The van der Waals surface area contributed by atoms with Crippen molar-refractivity contribution in [2.45, 2.75) is 32.7 Å². The van der Waals surface area contributed by atoms with Gasteiger partial charge in [-0.3, -0.25) is 4.79 Å². The van der Waals surface area contributed by atoms with Crippen LogP contribution in [0, 0.1) is 5.92 Å². The predicted molar refractivity (Wildman–Crippen MR) is 74.9 cm³/mol. The van der Waals surface area contributed by atoms with Crippen molar-refractivity contribution in [2.75, 3.05) is 18.9 Å². The van der Waals surface area contributed by atoms with E-state index in [1.165, 1.54) is 12.8 Å². The van der Waals surface area contributed by atoms with E-state index < -0.39 is 0 Å². The van der Waals surface area contributed by atoms with Crippen molar-refractivity contribution >= 4 is 11.6 Å². The molecule has 0 spiro atoms. The van der Waals surface area contributed by atoms with Crippen molar-refractivity contribution in [1.29, 1.82) is 0 Å². The van der Waals surface area contributed by atoms with E-state index in [-0.39, 0.29) is 5.91 Å². The van der Waals surface area contributed by atoms with Crippen LogP contribution in [0.25, 0.3) is 0 Å². The Kier molecular flexibility index (Phi) is 3.90. The summed E-state index contributed by atoms with van der Waals surface area (Å²) in [6.45, 7) is 5.01. The molecule has 1 N–H and O–H groups in total. The second-order valence-corrected chi connectivity index (χ2v) is 5.07. The van der Waals surface area contributed by atoms with E-state index in [1.807, 2.05) is 43.1 Å². The number of nitrogens with zero attached hydrogens (tertiary/aromatic N) is 1. The molecule has 0 heterocycles. The van der Waals surface area contributed by atoms with Gasteiger partial charge in [0, 0.05) is 25.3 Å². The number of carbonyl (C=O) groups is 1. The van der Waals surface area contributed by atoms with Gasteiger partial charge in [-0.1, -0.05) is 12.1 Å². The lowest BCUT2D eigenvalue weighted by atomic mass is 10.1. The summed E-state index contributed by atoms with van der Waals surface area (Å²) in [6, 6.07) is 8.08. The molecule has 3 heteroatoms. The fourth-order valence-corrected chi connectivity index (χ4v) is 2.28. The van der Waals surface area contributed by atoms with E-state index in [4.69, 9.17) is 0 Å². The maximum absolute atomic E-state index is 12.5. The molecule has 1 amide bonds. The summed E-state index contributed by atoms with van der Waals surface area (Å²) >= 11 is 0. The Balaban J connectivity index is 2.16. The molecule has 0 radical (unpaired) electrons. The normalized spacial score (nSPS) is 16.2. The molecule has 1 aliphatic carbocycles. The average molecular weight is 246 g/mol. The maximum atomic E-state index is 12.5. The Morgan fingerprint density at radius 1 is 1.44 bits per heavy atom. The van der Waals surface area contributed by atoms with Gasteiger partial charge in [0.25, 0.3) is 5.91 Å². The summed E-state index contributed by atoms with van der Waals surface area (Å²) in [5.41, 5.74) is 1.70. The summed E-state index contributed by atoms with van der Waals surface area (Å²) < 4.78 is 0. The SMILES string of the molecule is CCNc1ccccc1C(=O)N(C)C(C)C1CC1. The molecule has 0 bridgehead atoms. The van der Waals surface area contributed by atoms with Crippen LogP contribution in [0.3, 0.4) is 0 Å². The van der Waals surface area contributed by atoms with Crippen LogP contribution in [0.5, 0.6) is 0 Å². The van der Waals surface area contributed by atoms with Crippen molar-refractivity contribution in [2.24, 2.45) is 5.92 Å². The third kappa shape index (κ3) is 2.66. The highest BCUT2D eigenvalue weighted by atomic mass is 16.2. The monoisotopic (exact) mass is 246 g/mol. The zero-order valence-electron chi connectivity index (χ0n) is 11.4. The first kappa shape index (κ1) is 12.9. The third-order valence-electron chi connectivity index (χ3n) is 3.76. The summed E-state index contributed by atoms with van der Waals surface area (Å²) in [5.74, 6) is 0.816. The minimum absolute atomic E-state index is 0.117. The first-order valence-corrected chi connectivity index (χ1v) is 6.75. The number of benzene rings is 1. The van der Waals surface area contributed by atoms with Gasteiger partial charge in [-0.05, 0) is 44.7 Å². The van der Waals surface area contributed by atoms with Gasteiger partial charge in [0.2, 0.25) is 0 Å². The average Bonchev–Trinajstić information content (AvgIpc) is 3.21. The molecule has 18 heavy (non-hydrogen) atoms. The van der Waals surface area contributed by atoms with E-state index in [9.17, 15) is 4.79 Å². The number of hydrogen-bond acceptors (Lipinski definition) is 2. The molecular formula is C15H22N2O. The first-order chi connectivity index (χ1) is 8.65. The number of amides is 1. The van der Waals surface area contributed by atoms with E-state index in [1.54, 1.807) is 0 Å². The molecule has 0 saturated heterocycles. The Hall–Kier alpha value is -1.51. The molecule has 1 fully saturated rings. The third-order valence-corrected chi connectivity index (χ3v) is 3.76. The van der Waals surface area contributed by atoms with Gasteiger partial charge < -0.3 is 10.2 Å².